The third-order valence-electron chi connectivity index (χ3n) is 2.63. The van der Waals surface area contributed by atoms with Crippen molar-refractivity contribution in [1.82, 2.24) is 13.6 Å². The zero-order valence-corrected chi connectivity index (χ0v) is 9.68. The molecule has 0 radical (unpaired) electrons. The van der Waals surface area contributed by atoms with Gasteiger partial charge in [-0.3, -0.25) is 9.69 Å². The standard InChI is InChI=1S/C9H13N3O3S/c1-15-9(14)8-2-7(13)5-12(8)4-6-3-10-16-11-6/h3,7-8,13H,2,4-5H2,1H3/t7-,8+/m0/s1. The molecule has 1 aliphatic heterocycles. The van der Waals surface area contributed by atoms with Crippen molar-refractivity contribution in [1.29, 1.82) is 0 Å². The van der Waals surface area contributed by atoms with E-state index in [-0.39, 0.29) is 12.0 Å². The number of aromatic nitrogens is 2. The number of ether oxygens (including phenoxy) is 1. The fourth-order valence-electron chi connectivity index (χ4n) is 1.90. The molecular formula is C9H13N3O3S. The number of carbonyl (C=O) groups is 1. The van der Waals surface area contributed by atoms with Gasteiger partial charge in [0, 0.05) is 19.5 Å². The van der Waals surface area contributed by atoms with E-state index in [1.165, 1.54) is 7.11 Å². The molecule has 0 aliphatic carbocycles. The van der Waals surface area contributed by atoms with Crippen LogP contribution < -0.4 is 0 Å². The molecule has 0 aromatic carbocycles. The summed E-state index contributed by atoms with van der Waals surface area (Å²) < 4.78 is 12.7. The van der Waals surface area contributed by atoms with Crippen LogP contribution in [-0.4, -0.2) is 50.5 Å². The van der Waals surface area contributed by atoms with Crippen LogP contribution in [0.3, 0.4) is 0 Å². The van der Waals surface area contributed by atoms with E-state index in [4.69, 9.17) is 4.74 Å². The number of esters is 1. The zero-order chi connectivity index (χ0) is 11.5. The number of methoxy groups -OCH3 is 1. The average Bonchev–Trinajstić information content (AvgIpc) is 2.88. The van der Waals surface area contributed by atoms with Gasteiger partial charge in [-0.2, -0.15) is 8.75 Å². The third-order valence-corrected chi connectivity index (χ3v) is 3.14. The largest absolute Gasteiger partial charge is 0.468 e. The molecule has 1 fully saturated rings. The highest BCUT2D eigenvalue weighted by Crippen LogP contribution is 2.21. The van der Waals surface area contributed by atoms with Crippen LogP contribution in [0.1, 0.15) is 12.1 Å². The maximum absolute atomic E-state index is 11.5. The maximum Gasteiger partial charge on any atom is 0.323 e. The number of rotatable bonds is 3. The average molecular weight is 243 g/mol. The minimum Gasteiger partial charge on any atom is -0.468 e. The molecule has 6 nitrogen and oxygen atoms in total. The number of aliphatic hydroxyl groups excluding tert-OH is 1. The third kappa shape index (κ3) is 2.37. The molecule has 1 aromatic heterocycles. The van der Waals surface area contributed by atoms with Gasteiger partial charge in [0.05, 0.1) is 36.8 Å². The highest BCUT2D eigenvalue weighted by molar-refractivity contribution is 6.99. The number of carbonyl (C=O) groups excluding carboxylic acids is 1. The summed E-state index contributed by atoms with van der Waals surface area (Å²) in [5, 5.41) is 9.56. The zero-order valence-electron chi connectivity index (χ0n) is 8.87. The van der Waals surface area contributed by atoms with Crippen molar-refractivity contribution in [2.24, 2.45) is 0 Å². The van der Waals surface area contributed by atoms with Crippen molar-refractivity contribution in [2.45, 2.75) is 25.1 Å². The van der Waals surface area contributed by atoms with E-state index in [1.807, 2.05) is 4.90 Å². The molecule has 2 atom stereocenters. The Morgan fingerprint density at radius 2 is 2.62 bits per heavy atom. The molecule has 0 unspecified atom stereocenters. The summed E-state index contributed by atoms with van der Waals surface area (Å²) in [6.07, 6.45) is 1.62. The van der Waals surface area contributed by atoms with Gasteiger partial charge in [0.2, 0.25) is 0 Å². The maximum atomic E-state index is 11.5. The normalized spacial score (nSPS) is 25.9. The summed E-state index contributed by atoms with van der Waals surface area (Å²) >= 11 is 1.13. The summed E-state index contributed by atoms with van der Waals surface area (Å²) in [5.74, 6) is -0.306. The summed E-state index contributed by atoms with van der Waals surface area (Å²) in [6.45, 7) is 0.991. The van der Waals surface area contributed by atoms with Crippen molar-refractivity contribution in [3.05, 3.63) is 11.9 Å². The van der Waals surface area contributed by atoms with Crippen LogP contribution >= 0.6 is 11.7 Å². The van der Waals surface area contributed by atoms with E-state index < -0.39 is 6.10 Å². The molecule has 1 saturated heterocycles. The predicted molar refractivity (Wildman–Crippen MR) is 56.7 cm³/mol. The first-order valence-corrected chi connectivity index (χ1v) is 5.70. The Bertz CT molecular complexity index is 357. The van der Waals surface area contributed by atoms with Crippen LogP contribution in [0.4, 0.5) is 0 Å². The fraction of sp³-hybridized carbons (Fsp3) is 0.667. The molecule has 0 spiro atoms. The van der Waals surface area contributed by atoms with Crippen LogP contribution in [0.5, 0.6) is 0 Å². The van der Waals surface area contributed by atoms with Crippen LogP contribution in [0.15, 0.2) is 6.20 Å². The molecule has 88 valence electrons. The van der Waals surface area contributed by atoms with Crippen molar-refractivity contribution in [3.8, 4) is 0 Å². The van der Waals surface area contributed by atoms with E-state index in [2.05, 4.69) is 8.75 Å². The van der Waals surface area contributed by atoms with Crippen LogP contribution in [0.25, 0.3) is 0 Å². The summed E-state index contributed by atoms with van der Waals surface area (Å²) in [6, 6.07) is -0.373. The van der Waals surface area contributed by atoms with Crippen molar-refractivity contribution >= 4 is 17.7 Å². The second kappa shape index (κ2) is 4.86. The van der Waals surface area contributed by atoms with Gasteiger partial charge in [-0.05, 0) is 0 Å². The molecule has 0 bridgehead atoms. The molecule has 1 aromatic rings. The molecule has 0 saturated carbocycles. The van der Waals surface area contributed by atoms with Crippen molar-refractivity contribution in [3.63, 3.8) is 0 Å². The number of hydrogen-bond donors (Lipinski definition) is 1. The highest BCUT2D eigenvalue weighted by atomic mass is 32.1. The van der Waals surface area contributed by atoms with E-state index in [0.717, 1.165) is 17.4 Å². The summed E-state index contributed by atoms with van der Waals surface area (Å²) in [5.41, 5.74) is 0.813. The minimum atomic E-state index is -0.476. The Labute approximate surface area is 97.2 Å². The fourth-order valence-corrected chi connectivity index (χ4v) is 2.32. The van der Waals surface area contributed by atoms with E-state index in [9.17, 15) is 9.90 Å². The lowest BCUT2D eigenvalue weighted by molar-refractivity contribution is -0.146. The lowest BCUT2D eigenvalue weighted by Gasteiger charge is -2.20. The van der Waals surface area contributed by atoms with Gasteiger partial charge >= 0.3 is 5.97 Å². The van der Waals surface area contributed by atoms with Gasteiger partial charge in [-0.15, -0.1) is 0 Å². The predicted octanol–water partition coefficient (Wildman–Crippen LogP) is -0.354. The molecule has 1 N–H and O–H groups in total. The molecule has 0 amide bonds. The van der Waals surface area contributed by atoms with Gasteiger partial charge in [-0.25, -0.2) is 0 Å². The van der Waals surface area contributed by atoms with Gasteiger partial charge in [0.15, 0.2) is 0 Å². The van der Waals surface area contributed by atoms with E-state index in [0.29, 0.717) is 19.5 Å². The monoisotopic (exact) mass is 243 g/mol. The molecular weight excluding hydrogens is 230 g/mol. The lowest BCUT2D eigenvalue weighted by Crippen LogP contribution is -2.36. The van der Waals surface area contributed by atoms with E-state index in [1.54, 1.807) is 6.20 Å². The number of likely N-dealkylation sites (tertiary alicyclic amines) is 1. The highest BCUT2D eigenvalue weighted by Gasteiger charge is 2.36. The van der Waals surface area contributed by atoms with Crippen molar-refractivity contribution < 1.29 is 14.6 Å². The van der Waals surface area contributed by atoms with Crippen LogP contribution in [0.2, 0.25) is 0 Å². The molecule has 7 heteroatoms. The Kier molecular flexibility index (Phi) is 3.47. The molecule has 2 rings (SSSR count). The lowest BCUT2D eigenvalue weighted by atomic mass is 10.2. The van der Waals surface area contributed by atoms with Gasteiger partial charge in [0.1, 0.15) is 6.04 Å². The Hall–Kier alpha value is -1.05. The van der Waals surface area contributed by atoms with Crippen LogP contribution in [-0.2, 0) is 16.1 Å². The quantitative estimate of drug-likeness (QED) is 0.731. The smallest absolute Gasteiger partial charge is 0.323 e. The van der Waals surface area contributed by atoms with Gasteiger partial charge in [-0.1, -0.05) is 0 Å². The second-order valence-corrected chi connectivity index (χ2v) is 4.31. The number of nitrogens with zero attached hydrogens (tertiary/aromatic N) is 3. The second-order valence-electron chi connectivity index (χ2n) is 3.76. The Morgan fingerprint density at radius 3 is 3.25 bits per heavy atom. The Balaban J connectivity index is 2.04. The van der Waals surface area contributed by atoms with E-state index >= 15 is 0 Å². The SMILES string of the molecule is COC(=O)[C@H]1C[C@H](O)CN1Cc1cnsn1. The molecule has 2 heterocycles. The summed E-state index contributed by atoms with van der Waals surface area (Å²) in [4.78, 5) is 13.4. The van der Waals surface area contributed by atoms with Crippen molar-refractivity contribution in [2.75, 3.05) is 13.7 Å². The van der Waals surface area contributed by atoms with Gasteiger partial charge in [0.25, 0.3) is 0 Å². The molecule has 16 heavy (non-hydrogen) atoms. The van der Waals surface area contributed by atoms with Gasteiger partial charge < -0.3 is 9.84 Å². The number of hydrogen-bond acceptors (Lipinski definition) is 7. The first kappa shape index (κ1) is 11.4. The number of aliphatic hydroxyl groups is 1. The van der Waals surface area contributed by atoms with Crippen LogP contribution in [0, 0.1) is 0 Å². The minimum absolute atomic E-state index is 0.306. The summed E-state index contributed by atoms with van der Waals surface area (Å²) in [7, 11) is 1.36. The Morgan fingerprint density at radius 1 is 1.81 bits per heavy atom. The molecule has 1 aliphatic rings. The first-order chi connectivity index (χ1) is 7.70. The first-order valence-electron chi connectivity index (χ1n) is 4.97. The topological polar surface area (TPSA) is 75.6 Å². The number of β-amino-alcohol motifs (C(OH)–C–C–N with tert-alkyl or cyclic N) is 1.